The molecule has 1 nitrogen and oxygen atoms in total. The number of quaternary nitrogens is 1. The van der Waals surface area contributed by atoms with Crippen LogP contribution in [0.25, 0.3) is 0 Å². The lowest BCUT2D eigenvalue weighted by molar-refractivity contribution is 0.0793. The summed E-state index contributed by atoms with van der Waals surface area (Å²) >= 11 is 0. The molecule has 0 heterocycles. The first-order valence-electron chi connectivity index (χ1n) is 11.0. The van der Waals surface area contributed by atoms with Crippen LogP contribution in [-0.2, 0) is 11.1 Å². The summed E-state index contributed by atoms with van der Waals surface area (Å²) in [6, 6.07) is 43.8. The summed E-state index contributed by atoms with van der Waals surface area (Å²) < 4.78 is 0.662. The Balaban J connectivity index is 2.16. The Kier molecular flexibility index (Phi) is 5.56. The lowest BCUT2D eigenvalue weighted by atomic mass is 9.77. The Morgan fingerprint density at radius 3 is 0.935 bits per heavy atom. The predicted octanol–water partition coefficient (Wildman–Crippen LogP) is 8.20. The van der Waals surface area contributed by atoms with Crippen LogP contribution in [0.4, 0.5) is 11.4 Å². The van der Waals surface area contributed by atoms with Gasteiger partial charge in [0.15, 0.2) is 0 Å². The van der Waals surface area contributed by atoms with Crippen molar-refractivity contribution in [3.8, 4) is 0 Å². The average Bonchev–Trinajstić information content (AvgIpc) is 2.82. The van der Waals surface area contributed by atoms with E-state index in [0.29, 0.717) is 4.48 Å². The second-order valence-electron chi connectivity index (χ2n) is 9.19. The maximum absolute atomic E-state index is 2.38. The largest absolute Gasteiger partial charge is 0.243 e. The molecule has 0 aliphatic rings. The molecule has 31 heavy (non-hydrogen) atoms. The van der Waals surface area contributed by atoms with Gasteiger partial charge in [-0.3, -0.25) is 0 Å². The van der Waals surface area contributed by atoms with Crippen LogP contribution in [0.2, 0.25) is 0 Å². The van der Waals surface area contributed by atoms with E-state index in [1.54, 1.807) is 0 Å². The third kappa shape index (κ3) is 3.30. The number of rotatable bonds is 6. The molecule has 156 valence electrons. The van der Waals surface area contributed by atoms with Crippen molar-refractivity contribution in [1.82, 2.24) is 4.48 Å². The number of nitrogens with zero attached hydrogens (tertiary/aromatic N) is 1. The van der Waals surface area contributed by atoms with E-state index in [-0.39, 0.29) is 11.1 Å². The zero-order chi connectivity index (χ0) is 22.0. The fourth-order valence-electron chi connectivity index (χ4n) is 5.52. The molecule has 0 fully saturated rings. The summed E-state index contributed by atoms with van der Waals surface area (Å²) in [5, 5.41) is 0. The maximum Gasteiger partial charge on any atom is 0.139 e. The van der Waals surface area contributed by atoms with E-state index in [1.807, 2.05) is 0 Å². The summed E-state index contributed by atoms with van der Waals surface area (Å²) in [5.74, 6) is 0. The molecular weight excluding hydrogens is 374 g/mol. The van der Waals surface area contributed by atoms with Gasteiger partial charge in [0.25, 0.3) is 0 Å². The highest BCUT2D eigenvalue weighted by Crippen LogP contribution is 2.56. The third-order valence-electron chi connectivity index (χ3n) is 6.92. The molecule has 0 aliphatic heterocycles. The third-order valence-corrected chi connectivity index (χ3v) is 6.92. The Morgan fingerprint density at radius 1 is 0.387 bits per heavy atom. The second-order valence-corrected chi connectivity index (χ2v) is 9.19. The smallest absolute Gasteiger partial charge is 0.139 e. The first-order chi connectivity index (χ1) is 14.9. The molecule has 1 heteroatoms. The van der Waals surface area contributed by atoms with Gasteiger partial charge in [0.1, 0.15) is 22.5 Å². The number of hydrogen-bond donors (Lipinski definition) is 0. The zero-order valence-electron chi connectivity index (χ0n) is 19.0. The van der Waals surface area contributed by atoms with Crippen LogP contribution in [0, 0.1) is 0 Å². The fourth-order valence-corrected chi connectivity index (χ4v) is 5.52. The number of para-hydroxylation sites is 2. The van der Waals surface area contributed by atoms with Gasteiger partial charge in [0, 0.05) is 11.1 Å². The fraction of sp³-hybridized carbons (Fsp3) is 0.200. The minimum Gasteiger partial charge on any atom is -0.243 e. The first kappa shape index (κ1) is 21.1. The van der Waals surface area contributed by atoms with Crippen LogP contribution in [-0.4, -0.2) is 0 Å². The molecule has 0 radical (unpaired) electrons. The van der Waals surface area contributed by atoms with Gasteiger partial charge in [0.2, 0.25) is 0 Å². The normalized spacial score (nSPS) is 12.5. The molecule has 4 rings (SSSR count). The highest BCUT2D eigenvalue weighted by Gasteiger charge is 2.58. The first-order valence-corrected chi connectivity index (χ1v) is 11.0. The van der Waals surface area contributed by atoms with Gasteiger partial charge in [-0.05, 0) is 52.0 Å². The molecule has 0 bridgehead atoms. The molecule has 0 spiro atoms. The molecule has 0 aliphatic carbocycles. The molecule has 0 N–H and O–H groups in total. The lowest BCUT2D eigenvalue weighted by Gasteiger charge is -2.58. The monoisotopic (exact) mass is 406 g/mol. The van der Waals surface area contributed by atoms with Gasteiger partial charge in [-0.25, -0.2) is 4.48 Å². The number of hydrogen-bond acceptors (Lipinski definition) is 0. The Morgan fingerprint density at radius 2 is 0.645 bits per heavy atom. The molecule has 0 amide bonds. The summed E-state index contributed by atoms with van der Waals surface area (Å²) in [5.41, 5.74) is 4.65. The topological polar surface area (TPSA) is 0 Å². The standard InChI is InChI=1S/C30H32N/c1-29(2,25-17-9-5-10-18-25)31(27-21-13-7-14-22-27,28-23-15-8-16-24-28)30(3,4)26-19-11-6-12-20-26/h5-24H,1-4H3/q+1. The van der Waals surface area contributed by atoms with Crippen molar-refractivity contribution in [1.29, 1.82) is 0 Å². The van der Waals surface area contributed by atoms with E-state index in [2.05, 4.69) is 149 Å². The predicted molar refractivity (Wildman–Crippen MR) is 133 cm³/mol. The molecule has 0 saturated carbocycles. The van der Waals surface area contributed by atoms with Gasteiger partial charge >= 0.3 is 0 Å². The summed E-state index contributed by atoms with van der Waals surface area (Å²) in [6.07, 6.45) is 0. The maximum atomic E-state index is 2.38. The quantitative estimate of drug-likeness (QED) is 0.283. The van der Waals surface area contributed by atoms with Crippen LogP contribution >= 0.6 is 0 Å². The molecule has 0 aromatic heterocycles. The highest BCUT2D eigenvalue weighted by atomic mass is 15.5. The van der Waals surface area contributed by atoms with Crippen LogP contribution < -0.4 is 4.48 Å². The van der Waals surface area contributed by atoms with E-state index in [0.717, 1.165) is 0 Å². The van der Waals surface area contributed by atoms with E-state index in [1.165, 1.54) is 22.5 Å². The zero-order valence-corrected chi connectivity index (χ0v) is 19.0. The SMILES string of the molecule is CC(C)(c1ccccc1)[N+](c1ccccc1)(c1ccccc1)C(C)(C)c1ccccc1. The van der Waals surface area contributed by atoms with Gasteiger partial charge < -0.3 is 0 Å². The van der Waals surface area contributed by atoms with E-state index >= 15 is 0 Å². The summed E-state index contributed by atoms with van der Waals surface area (Å²) in [4.78, 5) is 0. The van der Waals surface area contributed by atoms with Crippen LogP contribution in [0.15, 0.2) is 121 Å². The van der Waals surface area contributed by atoms with Crippen molar-refractivity contribution >= 4 is 11.4 Å². The van der Waals surface area contributed by atoms with E-state index in [4.69, 9.17) is 0 Å². The molecule has 0 atom stereocenters. The van der Waals surface area contributed by atoms with Gasteiger partial charge in [-0.1, -0.05) is 97.1 Å². The van der Waals surface area contributed by atoms with Crippen molar-refractivity contribution in [3.05, 3.63) is 132 Å². The Bertz CT molecular complexity index is 1010. The molecule has 4 aromatic carbocycles. The van der Waals surface area contributed by atoms with E-state index in [9.17, 15) is 0 Å². The van der Waals surface area contributed by atoms with Crippen molar-refractivity contribution in [2.75, 3.05) is 0 Å². The van der Waals surface area contributed by atoms with Crippen molar-refractivity contribution < 1.29 is 0 Å². The van der Waals surface area contributed by atoms with Crippen molar-refractivity contribution in [2.24, 2.45) is 0 Å². The van der Waals surface area contributed by atoms with Gasteiger partial charge in [-0.2, -0.15) is 0 Å². The Labute approximate surface area is 187 Å². The molecule has 0 saturated heterocycles. The average molecular weight is 407 g/mol. The van der Waals surface area contributed by atoms with Crippen molar-refractivity contribution in [2.45, 2.75) is 38.8 Å². The van der Waals surface area contributed by atoms with Crippen LogP contribution in [0.3, 0.4) is 0 Å². The molecular formula is C30H32N+. The number of benzene rings is 4. The van der Waals surface area contributed by atoms with Crippen molar-refractivity contribution in [3.63, 3.8) is 0 Å². The van der Waals surface area contributed by atoms with E-state index < -0.39 is 0 Å². The Hall–Kier alpha value is -3.16. The summed E-state index contributed by atoms with van der Waals surface area (Å²) in [7, 11) is 0. The van der Waals surface area contributed by atoms with Crippen LogP contribution in [0.5, 0.6) is 0 Å². The minimum atomic E-state index is -0.261. The van der Waals surface area contributed by atoms with Crippen LogP contribution in [0.1, 0.15) is 38.8 Å². The van der Waals surface area contributed by atoms with Gasteiger partial charge in [0.05, 0.1) is 0 Å². The van der Waals surface area contributed by atoms with Gasteiger partial charge in [-0.15, -0.1) is 0 Å². The second kappa shape index (κ2) is 8.17. The lowest BCUT2D eigenvalue weighted by Crippen LogP contribution is -2.66. The highest BCUT2D eigenvalue weighted by molar-refractivity contribution is 5.65. The molecule has 4 aromatic rings. The summed E-state index contributed by atoms with van der Waals surface area (Å²) in [6.45, 7) is 9.53. The minimum absolute atomic E-state index is 0.261. The molecule has 0 unspecified atom stereocenters.